The minimum absolute atomic E-state index is 0.103. The fraction of sp³-hybridized carbons (Fsp3) is 0.286. The second-order valence-corrected chi connectivity index (χ2v) is 5.21. The van der Waals surface area contributed by atoms with Gasteiger partial charge in [0.15, 0.2) is 0 Å². The fourth-order valence-corrected chi connectivity index (χ4v) is 2.39. The third-order valence-corrected chi connectivity index (χ3v) is 3.53. The summed E-state index contributed by atoms with van der Waals surface area (Å²) in [6.45, 7) is 1.80. The van der Waals surface area contributed by atoms with Crippen LogP contribution in [0, 0.1) is 6.92 Å². The van der Waals surface area contributed by atoms with Crippen LogP contribution in [-0.2, 0) is 10.5 Å². The number of carbonyl (C=O) groups excluding carboxylic acids is 1. The molecule has 1 aromatic carbocycles. The van der Waals surface area contributed by atoms with E-state index in [0.717, 1.165) is 22.8 Å². The average Bonchev–Trinajstić information content (AvgIpc) is 2.84. The Kier molecular flexibility index (Phi) is 5.06. The van der Waals surface area contributed by atoms with Crippen molar-refractivity contribution in [3.63, 3.8) is 0 Å². The van der Waals surface area contributed by atoms with Crippen LogP contribution in [0.1, 0.15) is 11.3 Å². The molecule has 2 aromatic rings. The predicted octanol–water partition coefficient (Wildman–Crippen LogP) is 2.86. The zero-order valence-electron chi connectivity index (χ0n) is 11.4. The van der Waals surface area contributed by atoms with Gasteiger partial charge in [0.2, 0.25) is 11.8 Å². The molecule has 1 heterocycles. The number of thioether (sulfide) groups is 1. The van der Waals surface area contributed by atoms with Gasteiger partial charge in [-0.05, 0) is 24.6 Å². The van der Waals surface area contributed by atoms with Crippen LogP contribution in [0.5, 0.6) is 5.75 Å². The number of benzene rings is 1. The van der Waals surface area contributed by atoms with Gasteiger partial charge in [-0.25, -0.2) is 0 Å². The van der Waals surface area contributed by atoms with Crippen LogP contribution in [0.2, 0.25) is 0 Å². The second kappa shape index (κ2) is 7.00. The molecule has 5 nitrogen and oxygen atoms in total. The van der Waals surface area contributed by atoms with E-state index in [0.29, 0.717) is 11.6 Å². The molecule has 0 bridgehead atoms. The number of methoxy groups -OCH3 is 1. The number of nitrogens with one attached hydrogen (secondary N) is 1. The van der Waals surface area contributed by atoms with E-state index in [1.54, 1.807) is 20.1 Å². The summed E-state index contributed by atoms with van der Waals surface area (Å²) in [6.07, 6.45) is 0. The molecule has 0 spiro atoms. The summed E-state index contributed by atoms with van der Waals surface area (Å²) in [6, 6.07) is 9.49. The molecule has 0 aliphatic rings. The van der Waals surface area contributed by atoms with E-state index >= 15 is 0 Å². The first-order valence-corrected chi connectivity index (χ1v) is 7.26. The van der Waals surface area contributed by atoms with Crippen molar-refractivity contribution in [2.45, 2.75) is 12.7 Å². The van der Waals surface area contributed by atoms with E-state index in [-0.39, 0.29) is 5.91 Å². The summed E-state index contributed by atoms with van der Waals surface area (Å²) >= 11 is 1.53. The van der Waals surface area contributed by atoms with Gasteiger partial charge in [0.25, 0.3) is 0 Å². The van der Waals surface area contributed by atoms with Crippen molar-refractivity contribution in [1.29, 1.82) is 0 Å². The van der Waals surface area contributed by atoms with Crippen molar-refractivity contribution < 1.29 is 14.1 Å². The number of aryl methyl sites for hydroxylation is 1. The molecule has 0 fully saturated rings. The third-order valence-electron chi connectivity index (χ3n) is 2.53. The molecule has 0 radical (unpaired) electrons. The molecule has 1 amide bonds. The molecule has 106 valence electrons. The number of rotatable bonds is 6. The van der Waals surface area contributed by atoms with Crippen molar-refractivity contribution in [2.75, 3.05) is 18.2 Å². The SMILES string of the molecule is COc1cccc(CSCC(=O)Nc2cc(C)no2)c1. The van der Waals surface area contributed by atoms with Gasteiger partial charge in [-0.2, -0.15) is 0 Å². The monoisotopic (exact) mass is 292 g/mol. The van der Waals surface area contributed by atoms with Crippen LogP contribution < -0.4 is 10.1 Å². The summed E-state index contributed by atoms with van der Waals surface area (Å²) in [5.41, 5.74) is 1.86. The summed E-state index contributed by atoms with van der Waals surface area (Å²) in [5.74, 6) is 2.21. The Morgan fingerprint density at radius 2 is 2.30 bits per heavy atom. The molecule has 0 saturated carbocycles. The lowest BCUT2D eigenvalue weighted by molar-refractivity contribution is -0.113. The zero-order chi connectivity index (χ0) is 14.4. The number of anilines is 1. The van der Waals surface area contributed by atoms with Crippen molar-refractivity contribution >= 4 is 23.6 Å². The molecule has 0 aliphatic carbocycles. The molecular formula is C14H16N2O3S. The molecule has 20 heavy (non-hydrogen) atoms. The maximum atomic E-state index is 11.7. The lowest BCUT2D eigenvalue weighted by Gasteiger charge is -2.04. The van der Waals surface area contributed by atoms with E-state index in [1.165, 1.54) is 11.8 Å². The largest absolute Gasteiger partial charge is 0.497 e. The molecule has 0 aliphatic heterocycles. The van der Waals surface area contributed by atoms with Gasteiger partial charge in [0, 0.05) is 11.8 Å². The van der Waals surface area contributed by atoms with E-state index in [4.69, 9.17) is 9.26 Å². The normalized spacial score (nSPS) is 10.3. The van der Waals surface area contributed by atoms with E-state index in [9.17, 15) is 4.79 Å². The first-order chi connectivity index (χ1) is 9.67. The van der Waals surface area contributed by atoms with Crippen molar-refractivity contribution in [3.8, 4) is 5.75 Å². The lowest BCUT2D eigenvalue weighted by Crippen LogP contribution is -2.13. The maximum absolute atomic E-state index is 11.7. The highest BCUT2D eigenvalue weighted by Crippen LogP contribution is 2.18. The summed E-state index contributed by atoms with van der Waals surface area (Å²) < 4.78 is 10.1. The quantitative estimate of drug-likeness (QED) is 0.887. The highest BCUT2D eigenvalue weighted by Gasteiger charge is 2.06. The molecule has 0 atom stereocenters. The van der Waals surface area contributed by atoms with E-state index in [1.807, 2.05) is 24.3 Å². The van der Waals surface area contributed by atoms with Crippen LogP contribution in [0.15, 0.2) is 34.9 Å². The van der Waals surface area contributed by atoms with Crippen LogP contribution in [-0.4, -0.2) is 23.9 Å². The second-order valence-electron chi connectivity index (χ2n) is 4.23. The molecule has 1 aromatic heterocycles. The average molecular weight is 292 g/mol. The molecule has 1 N–H and O–H groups in total. The number of amides is 1. The Labute approximate surface area is 121 Å². The van der Waals surface area contributed by atoms with Gasteiger partial charge in [0.05, 0.1) is 18.6 Å². The van der Waals surface area contributed by atoms with E-state index in [2.05, 4.69) is 10.5 Å². The van der Waals surface area contributed by atoms with Crippen molar-refractivity contribution in [3.05, 3.63) is 41.6 Å². The Hall–Kier alpha value is -1.95. The fourth-order valence-electron chi connectivity index (χ4n) is 1.62. The van der Waals surface area contributed by atoms with Crippen LogP contribution in [0.3, 0.4) is 0 Å². The number of aromatic nitrogens is 1. The Morgan fingerprint density at radius 3 is 3.00 bits per heavy atom. The maximum Gasteiger partial charge on any atom is 0.236 e. The molecule has 6 heteroatoms. The van der Waals surface area contributed by atoms with E-state index < -0.39 is 0 Å². The summed E-state index contributed by atoms with van der Waals surface area (Å²) in [5, 5.41) is 6.36. The number of ether oxygens (including phenoxy) is 1. The summed E-state index contributed by atoms with van der Waals surface area (Å²) in [4.78, 5) is 11.7. The Morgan fingerprint density at radius 1 is 1.45 bits per heavy atom. The first kappa shape index (κ1) is 14.5. The van der Waals surface area contributed by atoms with Gasteiger partial charge in [0.1, 0.15) is 5.75 Å². The molecule has 0 saturated heterocycles. The molecular weight excluding hydrogens is 276 g/mol. The van der Waals surface area contributed by atoms with Gasteiger partial charge < -0.3 is 9.26 Å². The van der Waals surface area contributed by atoms with Crippen molar-refractivity contribution in [1.82, 2.24) is 5.16 Å². The highest BCUT2D eigenvalue weighted by atomic mass is 32.2. The van der Waals surface area contributed by atoms with Crippen LogP contribution in [0.4, 0.5) is 5.88 Å². The van der Waals surface area contributed by atoms with Crippen LogP contribution in [0.25, 0.3) is 0 Å². The predicted molar refractivity (Wildman–Crippen MR) is 79.0 cm³/mol. The topological polar surface area (TPSA) is 64.4 Å². The first-order valence-electron chi connectivity index (χ1n) is 6.11. The van der Waals surface area contributed by atoms with Gasteiger partial charge in [-0.15, -0.1) is 11.8 Å². The minimum atomic E-state index is -0.103. The zero-order valence-corrected chi connectivity index (χ0v) is 12.2. The Bertz CT molecular complexity index is 583. The lowest BCUT2D eigenvalue weighted by atomic mass is 10.2. The standard InChI is InChI=1S/C14H16N2O3S/c1-10-6-14(19-16-10)15-13(17)9-20-8-11-4-3-5-12(7-11)18-2/h3-7H,8-9H2,1-2H3,(H,15,17). The van der Waals surface area contributed by atoms with Crippen LogP contribution >= 0.6 is 11.8 Å². The van der Waals surface area contributed by atoms with Gasteiger partial charge in [-0.1, -0.05) is 17.3 Å². The molecule has 2 rings (SSSR count). The Balaban J connectivity index is 1.76. The molecule has 0 unspecified atom stereocenters. The van der Waals surface area contributed by atoms with Gasteiger partial charge >= 0.3 is 0 Å². The number of nitrogens with zero attached hydrogens (tertiary/aromatic N) is 1. The number of carbonyl (C=O) groups is 1. The summed E-state index contributed by atoms with van der Waals surface area (Å²) in [7, 11) is 1.64. The van der Waals surface area contributed by atoms with Gasteiger partial charge in [-0.3, -0.25) is 10.1 Å². The number of hydrogen-bond acceptors (Lipinski definition) is 5. The highest BCUT2D eigenvalue weighted by molar-refractivity contribution is 7.99. The smallest absolute Gasteiger partial charge is 0.236 e. The van der Waals surface area contributed by atoms with Crippen molar-refractivity contribution in [2.24, 2.45) is 0 Å². The number of hydrogen-bond donors (Lipinski definition) is 1. The third kappa shape index (κ3) is 4.31. The minimum Gasteiger partial charge on any atom is -0.497 e.